The number of carbonyl (C=O) groups is 1. The van der Waals surface area contributed by atoms with Crippen LogP contribution in [0.5, 0.6) is 0 Å². The molecule has 6 heteroatoms. The van der Waals surface area contributed by atoms with E-state index in [-0.39, 0.29) is 18.3 Å². The molecule has 96 valence electrons. The third-order valence-corrected chi connectivity index (χ3v) is 3.85. The van der Waals surface area contributed by atoms with Gasteiger partial charge < -0.3 is 10.2 Å². The molecule has 1 aliphatic rings. The first kappa shape index (κ1) is 14.8. The zero-order valence-corrected chi connectivity index (χ0v) is 12.2. The van der Waals surface area contributed by atoms with Gasteiger partial charge in [-0.15, -0.1) is 23.7 Å². The maximum atomic E-state index is 12.2. The van der Waals surface area contributed by atoms with E-state index in [2.05, 4.69) is 19.2 Å². The van der Waals surface area contributed by atoms with Gasteiger partial charge in [0.25, 0.3) is 5.91 Å². The maximum absolute atomic E-state index is 12.2. The van der Waals surface area contributed by atoms with Crippen molar-refractivity contribution in [2.75, 3.05) is 13.1 Å². The molecule has 0 saturated carbocycles. The minimum absolute atomic E-state index is 0. The summed E-state index contributed by atoms with van der Waals surface area (Å²) in [5.41, 5.74) is 0. The van der Waals surface area contributed by atoms with Crippen molar-refractivity contribution in [3.05, 3.63) is 21.3 Å². The van der Waals surface area contributed by atoms with Crippen LogP contribution in [0.15, 0.2) is 12.1 Å². The van der Waals surface area contributed by atoms with Crippen LogP contribution in [-0.4, -0.2) is 36.0 Å². The van der Waals surface area contributed by atoms with Gasteiger partial charge in [-0.3, -0.25) is 4.79 Å². The summed E-state index contributed by atoms with van der Waals surface area (Å²) in [5, 5.41) is 3.40. The number of thiophene rings is 1. The summed E-state index contributed by atoms with van der Waals surface area (Å²) in [5.74, 6) is 0.0945. The third-order valence-electron chi connectivity index (χ3n) is 2.63. The van der Waals surface area contributed by atoms with Crippen LogP contribution in [0.25, 0.3) is 0 Å². The van der Waals surface area contributed by atoms with Gasteiger partial charge in [0.2, 0.25) is 0 Å². The normalized spacial score (nSPS) is 24.3. The Morgan fingerprint density at radius 1 is 1.41 bits per heavy atom. The minimum atomic E-state index is 0. The zero-order valence-electron chi connectivity index (χ0n) is 9.77. The van der Waals surface area contributed by atoms with Gasteiger partial charge in [-0.05, 0) is 26.0 Å². The summed E-state index contributed by atoms with van der Waals surface area (Å²) >= 11 is 7.18. The molecular formula is C11H16Cl2N2OS. The summed E-state index contributed by atoms with van der Waals surface area (Å²) in [6, 6.07) is 4.27. The average molecular weight is 295 g/mol. The smallest absolute Gasteiger partial charge is 0.264 e. The number of halogens is 2. The van der Waals surface area contributed by atoms with Crippen LogP contribution >= 0.6 is 35.3 Å². The van der Waals surface area contributed by atoms with Crippen LogP contribution in [-0.2, 0) is 0 Å². The Labute approximate surface area is 117 Å². The lowest BCUT2D eigenvalue weighted by Crippen LogP contribution is -2.55. The van der Waals surface area contributed by atoms with Crippen molar-refractivity contribution in [2.45, 2.75) is 25.9 Å². The van der Waals surface area contributed by atoms with Crippen molar-refractivity contribution < 1.29 is 4.79 Å². The summed E-state index contributed by atoms with van der Waals surface area (Å²) in [6.07, 6.45) is 0. The molecule has 0 radical (unpaired) electrons. The van der Waals surface area contributed by atoms with E-state index in [0.29, 0.717) is 16.4 Å². The molecule has 2 atom stereocenters. The second kappa shape index (κ2) is 6.05. The van der Waals surface area contributed by atoms with Gasteiger partial charge in [0.15, 0.2) is 0 Å². The second-order valence-electron chi connectivity index (χ2n) is 4.28. The number of nitrogens with one attached hydrogen (secondary N) is 1. The molecule has 1 aromatic rings. The maximum Gasteiger partial charge on any atom is 0.264 e. The van der Waals surface area contributed by atoms with Crippen molar-refractivity contribution in [3.8, 4) is 0 Å². The lowest BCUT2D eigenvalue weighted by molar-refractivity contribution is 0.0678. The third kappa shape index (κ3) is 3.58. The van der Waals surface area contributed by atoms with Crippen molar-refractivity contribution in [1.29, 1.82) is 0 Å². The highest BCUT2D eigenvalue weighted by atomic mass is 35.5. The first-order chi connectivity index (χ1) is 7.56. The van der Waals surface area contributed by atoms with E-state index in [9.17, 15) is 4.79 Å². The fourth-order valence-corrected chi connectivity index (χ4v) is 3.09. The molecule has 0 aliphatic carbocycles. The molecule has 0 aromatic carbocycles. The van der Waals surface area contributed by atoms with Crippen LogP contribution in [0.1, 0.15) is 23.5 Å². The van der Waals surface area contributed by atoms with E-state index in [1.54, 1.807) is 12.1 Å². The van der Waals surface area contributed by atoms with Gasteiger partial charge in [-0.2, -0.15) is 0 Å². The van der Waals surface area contributed by atoms with Crippen molar-refractivity contribution in [3.63, 3.8) is 0 Å². The molecule has 2 rings (SSSR count). The molecule has 2 unspecified atom stereocenters. The van der Waals surface area contributed by atoms with Crippen LogP contribution in [0.2, 0.25) is 4.34 Å². The predicted molar refractivity (Wildman–Crippen MR) is 74.5 cm³/mol. The standard InChI is InChI=1S/C11H15ClN2OS.ClH/c1-7-5-14(6-8(2)13-7)11(15)9-3-4-10(12)16-9;/h3-4,7-8,13H,5-6H2,1-2H3;1H. The topological polar surface area (TPSA) is 32.3 Å². The molecule has 3 nitrogen and oxygen atoms in total. The molecule has 1 amide bonds. The molecule has 2 heterocycles. The van der Waals surface area contributed by atoms with E-state index in [1.165, 1.54) is 11.3 Å². The Balaban J connectivity index is 0.00000144. The fourth-order valence-electron chi connectivity index (χ4n) is 2.08. The van der Waals surface area contributed by atoms with Gasteiger partial charge in [0, 0.05) is 25.2 Å². The highest BCUT2D eigenvalue weighted by molar-refractivity contribution is 7.17. The SMILES string of the molecule is CC1CN(C(=O)c2ccc(Cl)s2)CC(C)N1.Cl. The summed E-state index contributed by atoms with van der Waals surface area (Å²) in [7, 11) is 0. The summed E-state index contributed by atoms with van der Waals surface area (Å²) in [6.45, 7) is 5.71. The number of rotatable bonds is 1. The average Bonchev–Trinajstić information content (AvgIpc) is 2.62. The Morgan fingerprint density at radius 3 is 2.47 bits per heavy atom. The first-order valence-electron chi connectivity index (χ1n) is 5.37. The van der Waals surface area contributed by atoms with Crippen molar-refractivity contribution in [1.82, 2.24) is 10.2 Å². The number of piperazine rings is 1. The van der Waals surface area contributed by atoms with E-state index in [4.69, 9.17) is 11.6 Å². The van der Waals surface area contributed by atoms with Gasteiger partial charge in [0.1, 0.15) is 0 Å². The summed E-state index contributed by atoms with van der Waals surface area (Å²) in [4.78, 5) is 14.8. The number of hydrogen-bond acceptors (Lipinski definition) is 3. The van der Waals surface area contributed by atoms with E-state index < -0.39 is 0 Å². The van der Waals surface area contributed by atoms with E-state index in [0.717, 1.165) is 18.0 Å². The number of hydrogen-bond donors (Lipinski definition) is 1. The van der Waals surface area contributed by atoms with Crippen molar-refractivity contribution in [2.24, 2.45) is 0 Å². The van der Waals surface area contributed by atoms with Crippen LogP contribution in [0.3, 0.4) is 0 Å². The molecule has 1 fully saturated rings. The van der Waals surface area contributed by atoms with Crippen LogP contribution in [0, 0.1) is 0 Å². The Kier molecular flexibility index (Phi) is 5.25. The molecule has 1 saturated heterocycles. The molecule has 1 aliphatic heterocycles. The van der Waals surface area contributed by atoms with Crippen molar-refractivity contribution >= 4 is 41.3 Å². The van der Waals surface area contributed by atoms with Crippen LogP contribution < -0.4 is 5.32 Å². The Hall–Kier alpha value is -0.290. The lowest BCUT2D eigenvalue weighted by Gasteiger charge is -2.35. The van der Waals surface area contributed by atoms with Gasteiger partial charge in [-0.1, -0.05) is 11.6 Å². The quantitative estimate of drug-likeness (QED) is 0.864. The van der Waals surface area contributed by atoms with E-state index in [1.807, 2.05) is 4.90 Å². The molecule has 1 N–H and O–H groups in total. The Morgan fingerprint density at radius 2 is 2.00 bits per heavy atom. The summed E-state index contributed by atoms with van der Waals surface area (Å²) < 4.78 is 0.666. The molecule has 0 bridgehead atoms. The van der Waals surface area contributed by atoms with Crippen LogP contribution in [0.4, 0.5) is 0 Å². The highest BCUT2D eigenvalue weighted by Crippen LogP contribution is 2.23. The molecule has 17 heavy (non-hydrogen) atoms. The Bertz CT molecular complexity index is 387. The molecular weight excluding hydrogens is 279 g/mol. The predicted octanol–water partition coefficient (Wildman–Crippen LogP) is 2.65. The molecule has 1 aromatic heterocycles. The zero-order chi connectivity index (χ0) is 11.7. The minimum Gasteiger partial charge on any atom is -0.335 e. The fraction of sp³-hybridized carbons (Fsp3) is 0.545. The number of amides is 1. The van der Waals surface area contributed by atoms with E-state index >= 15 is 0 Å². The monoisotopic (exact) mass is 294 g/mol. The van der Waals surface area contributed by atoms with Gasteiger partial charge in [0.05, 0.1) is 9.21 Å². The van der Waals surface area contributed by atoms with Gasteiger partial charge in [-0.25, -0.2) is 0 Å². The highest BCUT2D eigenvalue weighted by Gasteiger charge is 2.26. The number of nitrogens with zero attached hydrogens (tertiary/aromatic N) is 1. The lowest BCUT2D eigenvalue weighted by atomic mass is 10.1. The molecule has 0 spiro atoms. The second-order valence-corrected chi connectivity index (χ2v) is 6.00. The number of carbonyl (C=O) groups excluding carboxylic acids is 1. The van der Waals surface area contributed by atoms with Gasteiger partial charge >= 0.3 is 0 Å². The first-order valence-corrected chi connectivity index (χ1v) is 6.56. The largest absolute Gasteiger partial charge is 0.335 e.